The quantitative estimate of drug-likeness (QED) is 0.793. The average molecular weight is 269 g/mol. The van der Waals surface area contributed by atoms with Crippen molar-refractivity contribution in [2.75, 3.05) is 0 Å². The second kappa shape index (κ2) is 3.54. The van der Waals surface area contributed by atoms with E-state index in [0.29, 0.717) is 10.2 Å². The van der Waals surface area contributed by atoms with Gasteiger partial charge in [0.1, 0.15) is 5.69 Å². The Labute approximate surface area is 93.0 Å². The first kappa shape index (κ1) is 9.97. The molecule has 0 amide bonds. The number of nitrogens with zero attached hydrogens (tertiary/aromatic N) is 2. The third-order valence-corrected chi connectivity index (χ3v) is 2.65. The van der Waals surface area contributed by atoms with Crippen LogP contribution in [0, 0.1) is 0 Å². The molecule has 1 atom stereocenters. The molecule has 1 aliphatic rings. The topological polar surface area (TPSA) is 79.1 Å². The molecule has 0 spiro atoms. The smallest absolute Gasteiger partial charge is 0.338 e. The molecule has 76 valence electrons. The molecule has 1 unspecified atom stereocenters. The fourth-order valence-corrected chi connectivity index (χ4v) is 1.74. The summed E-state index contributed by atoms with van der Waals surface area (Å²) >= 11 is 3.21. The maximum absolute atomic E-state index is 11.7. The van der Waals surface area contributed by atoms with E-state index in [9.17, 15) is 9.59 Å². The molecule has 0 aromatic heterocycles. The number of halogens is 1. The molecule has 1 heterocycles. The van der Waals surface area contributed by atoms with Crippen molar-refractivity contribution in [2.24, 2.45) is 10.2 Å². The summed E-state index contributed by atoms with van der Waals surface area (Å²) < 4.78 is 0.626. The molecule has 0 aliphatic carbocycles. The lowest BCUT2D eigenvalue weighted by molar-refractivity contribution is -0.137. The maximum Gasteiger partial charge on any atom is 0.338 e. The van der Waals surface area contributed by atoms with Crippen molar-refractivity contribution < 1.29 is 14.7 Å². The lowest BCUT2D eigenvalue weighted by atomic mass is 10.0. The molecular formula is C9H5BrN2O3. The highest BCUT2D eigenvalue weighted by atomic mass is 79.9. The van der Waals surface area contributed by atoms with E-state index in [0.717, 1.165) is 0 Å². The maximum atomic E-state index is 11.7. The van der Waals surface area contributed by atoms with Gasteiger partial charge in [0, 0.05) is 10.0 Å². The second-order valence-corrected chi connectivity index (χ2v) is 3.81. The Morgan fingerprint density at radius 1 is 1.47 bits per heavy atom. The van der Waals surface area contributed by atoms with Crippen molar-refractivity contribution in [2.45, 2.75) is 6.04 Å². The number of carbonyl (C=O) groups excluding carboxylic acids is 1. The Kier molecular flexibility index (Phi) is 2.36. The summed E-state index contributed by atoms with van der Waals surface area (Å²) in [4.78, 5) is 22.3. The van der Waals surface area contributed by atoms with Crippen LogP contribution < -0.4 is 0 Å². The van der Waals surface area contributed by atoms with Crippen LogP contribution in [0.4, 0.5) is 5.69 Å². The Hall–Kier alpha value is -1.56. The fraction of sp³-hybridized carbons (Fsp3) is 0.111. The largest absolute Gasteiger partial charge is 0.479 e. The second-order valence-electron chi connectivity index (χ2n) is 2.96. The van der Waals surface area contributed by atoms with Crippen molar-refractivity contribution in [3.05, 3.63) is 28.2 Å². The van der Waals surface area contributed by atoms with E-state index in [1.165, 1.54) is 6.07 Å². The Balaban J connectivity index is 2.56. The zero-order valence-corrected chi connectivity index (χ0v) is 8.93. The molecule has 6 heteroatoms. The van der Waals surface area contributed by atoms with Gasteiger partial charge in [-0.3, -0.25) is 4.79 Å². The zero-order valence-electron chi connectivity index (χ0n) is 7.35. The number of hydrogen-bond acceptors (Lipinski definition) is 4. The summed E-state index contributed by atoms with van der Waals surface area (Å²) in [6.45, 7) is 0. The van der Waals surface area contributed by atoms with Gasteiger partial charge in [-0.15, -0.1) is 0 Å². The number of ketones is 1. The van der Waals surface area contributed by atoms with Crippen molar-refractivity contribution >= 4 is 33.4 Å². The molecule has 0 fully saturated rings. The highest BCUT2D eigenvalue weighted by Crippen LogP contribution is 2.33. The van der Waals surface area contributed by atoms with Crippen LogP contribution in [-0.4, -0.2) is 22.9 Å². The lowest BCUT2D eigenvalue weighted by Crippen LogP contribution is -2.29. The number of carboxylic acids is 1. The average Bonchev–Trinajstić information content (AvgIpc) is 2.19. The molecule has 1 aromatic carbocycles. The van der Waals surface area contributed by atoms with E-state index < -0.39 is 17.8 Å². The number of azo groups is 1. The van der Waals surface area contributed by atoms with Gasteiger partial charge in [-0.2, -0.15) is 10.2 Å². The number of benzene rings is 1. The number of rotatable bonds is 1. The van der Waals surface area contributed by atoms with Crippen LogP contribution in [0.1, 0.15) is 10.4 Å². The van der Waals surface area contributed by atoms with Gasteiger partial charge in [-0.05, 0) is 28.1 Å². The van der Waals surface area contributed by atoms with Crippen LogP contribution in [0.25, 0.3) is 0 Å². The minimum atomic E-state index is -1.41. The zero-order chi connectivity index (χ0) is 11.0. The molecule has 0 radical (unpaired) electrons. The van der Waals surface area contributed by atoms with Crippen LogP contribution in [-0.2, 0) is 4.79 Å². The van der Waals surface area contributed by atoms with Gasteiger partial charge >= 0.3 is 5.97 Å². The van der Waals surface area contributed by atoms with Crippen LogP contribution >= 0.6 is 15.9 Å². The molecule has 1 aliphatic heterocycles. The normalized spacial score (nSPS) is 18.7. The van der Waals surface area contributed by atoms with Gasteiger partial charge < -0.3 is 5.11 Å². The van der Waals surface area contributed by atoms with Gasteiger partial charge in [0.05, 0.1) is 0 Å². The SMILES string of the molecule is O=C(O)C1N=Nc2c(Br)cccc2C1=O. The van der Waals surface area contributed by atoms with Gasteiger partial charge in [0.15, 0.2) is 0 Å². The lowest BCUT2D eigenvalue weighted by Gasteiger charge is -2.13. The summed E-state index contributed by atoms with van der Waals surface area (Å²) in [7, 11) is 0. The van der Waals surface area contributed by atoms with E-state index in [2.05, 4.69) is 26.2 Å². The minimum Gasteiger partial charge on any atom is -0.479 e. The van der Waals surface area contributed by atoms with Crippen LogP contribution in [0.3, 0.4) is 0 Å². The van der Waals surface area contributed by atoms with Crippen LogP contribution in [0.2, 0.25) is 0 Å². The van der Waals surface area contributed by atoms with Gasteiger partial charge in [0.25, 0.3) is 0 Å². The molecule has 0 saturated heterocycles. The van der Waals surface area contributed by atoms with Crippen LogP contribution in [0.5, 0.6) is 0 Å². The first-order valence-electron chi connectivity index (χ1n) is 4.07. The van der Waals surface area contributed by atoms with Crippen molar-refractivity contribution in [1.29, 1.82) is 0 Å². The molecule has 0 bridgehead atoms. The summed E-state index contributed by atoms with van der Waals surface area (Å²) in [5.41, 5.74) is 0.673. The van der Waals surface area contributed by atoms with Crippen LogP contribution in [0.15, 0.2) is 32.9 Å². The predicted molar refractivity (Wildman–Crippen MR) is 54.4 cm³/mol. The Morgan fingerprint density at radius 3 is 2.87 bits per heavy atom. The summed E-state index contributed by atoms with van der Waals surface area (Å²) in [6.07, 6.45) is 0. The number of carboxylic acid groups (broad SMARTS) is 1. The molecule has 0 saturated carbocycles. The number of fused-ring (bicyclic) bond motifs is 1. The monoisotopic (exact) mass is 268 g/mol. The number of carbonyl (C=O) groups is 2. The van der Waals surface area contributed by atoms with E-state index in [1.807, 2.05) is 0 Å². The molecule has 5 nitrogen and oxygen atoms in total. The first-order valence-corrected chi connectivity index (χ1v) is 4.87. The predicted octanol–water partition coefficient (Wildman–Crippen LogP) is 2.18. The number of hydrogen-bond donors (Lipinski definition) is 1. The van der Waals surface area contributed by atoms with E-state index in [4.69, 9.17) is 5.11 Å². The van der Waals surface area contributed by atoms with Gasteiger partial charge in [0.2, 0.25) is 11.8 Å². The standard InChI is InChI=1S/C9H5BrN2O3/c10-5-3-1-2-4-6(5)11-12-7(8(4)13)9(14)15/h1-3,7H,(H,14,15). The third kappa shape index (κ3) is 1.56. The Morgan fingerprint density at radius 2 is 2.20 bits per heavy atom. The highest BCUT2D eigenvalue weighted by Gasteiger charge is 2.32. The molecular weight excluding hydrogens is 264 g/mol. The van der Waals surface area contributed by atoms with Gasteiger partial charge in [-0.25, -0.2) is 4.79 Å². The molecule has 2 rings (SSSR count). The van der Waals surface area contributed by atoms with E-state index in [-0.39, 0.29) is 5.56 Å². The van der Waals surface area contributed by atoms with Crippen molar-refractivity contribution in [3.8, 4) is 0 Å². The molecule has 15 heavy (non-hydrogen) atoms. The fourth-order valence-electron chi connectivity index (χ4n) is 1.29. The third-order valence-electron chi connectivity index (χ3n) is 2.01. The van der Waals surface area contributed by atoms with E-state index >= 15 is 0 Å². The summed E-state index contributed by atoms with van der Waals surface area (Å²) in [5, 5.41) is 15.9. The number of aliphatic carboxylic acids is 1. The van der Waals surface area contributed by atoms with Crippen molar-refractivity contribution in [3.63, 3.8) is 0 Å². The summed E-state index contributed by atoms with van der Waals surface area (Å²) in [6, 6.07) is 3.50. The van der Waals surface area contributed by atoms with E-state index in [1.54, 1.807) is 12.1 Å². The van der Waals surface area contributed by atoms with Crippen molar-refractivity contribution in [1.82, 2.24) is 0 Å². The molecule has 1 N–H and O–H groups in total. The first-order chi connectivity index (χ1) is 7.11. The Bertz CT molecular complexity index is 484. The van der Waals surface area contributed by atoms with Gasteiger partial charge in [-0.1, -0.05) is 6.07 Å². The number of Topliss-reactive ketones (excluding diaryl/α,β-unsaturated/α-hetero) is 1. The minimum absolute atomic E-state index is 0.284. The highest BCUT2D eigenvalue weighted by molar-refractivity contribution is 9.10. The summed E-state index contributed by atoms with van der Waals surface area (Å²) in [5.74, 6) is -1.82. The molecule has 1 aromatic rings.